The van der Waals surface area contributed by atoms with Crippen LogP contribution in [0.15, 0.2) is 50.7 Å². The van der Waals surface area contributed by atoms with Gasteiger partial charge < -0.3 is 10.5 Å². The first kappa shape index (κ1) is 13.9. The average molecular weight is 413 g/mol. The predicted molar refractivity (Wildman–Crippen MR) is 92.4 cm³/mol. The largest absolute Gasteiger partial charge is 0.486 e. The minimum Gasteiger partial charge on any atom is -0.486 e. The van der Waals surface area contributed by atoms with Crippen LogP contribution in [0.4, 0.5) is 5.69 Å². The molecule has 0 aliphatic heterocycles. The van der Waals surface area contributed by atoms with E-state index in [1.807, 2.05) is 18.2 Å². The summed E-state index contributed by atoms with van der Waals surface area (Å²) in [6.45, 7) is 0.533. The number of thiophene rings is 1. The Kier molecular flexibility index (Phi) is 4.01. The van der Waals surface area contributed by atoms with Crippen LogP contribution in [-0.2, 0) is 6.61 Å². The Hall–Kier alpha value is -1.04. The fraction of sp³-hybridized carbons (Fsp3) is 0.0667. The number of ether oxygens (including phenoxy) is 1. The maximum absolute atomic E-state index is 5.93. The molecule has 0 aliphatic rings. The average Bonchev–Trinajstić information content (AvgIpc) is 2.81. The van der Waals surface area contributed by atoms with Crippen molar-refractivity contribution in [1.29, 1.82) is 0 Å². The van der Waals surface area contributed by atoms with E-state index < -0.39 is 0 Å². The molecular formula is C15H11Br2NOS. The van der Waals surface area contributed by atoms with E-state index in [0.717, 1.165) is 14.7 Å². The Bertz CT molecular complexity index is 746. The summed E-state index contributed by atoms with van der Waals surface area (Å²) < 4.78 is 8.91. The molecule has 2 nitrogen and oxygen atoms in total. The smallest absolute Gasteiger partial charge is 0.148 e. The van der Waals surface area contributed by atoms with Crippen molar-refractivity contribution in [3.05, 3.63) is 56.3 Å². The van der Waals surface area contributed by atoms with Gasteiger partial charge in [-0.2, -0.15) is 0 Å². The van der Waals surface area contributed by atoms with Gasteiger partial charge in [0.2, 0.25) is 0 Å². The van der Waals surface area contributed by atoms with Crippen molar-refractivity contribution in [1.82, 2.24) is 0 Å². The van der Waals surface area contributed by atoms with Crippen molar-refractivity contribution in [2.45, 2.75) is 6.61 Å². The topological polar surface area (TPSA) is 35.2 Å². The van der Waals surface area contributed by atoms with Gasteiger partial charge in [-0.1, -0.05) is 18.2 Å². The molecule has 2 N–H and O–H groups in total. The molecule has 0 spiro atoms. The molecule has 5 heteroatoms. The lowest BCUT2D eigenvalue weighted by molar-refractivity contribution is 0.304. The summed E-state index contributed by atoms with van der Waals surface area (Å²) in [5.74, 6) is 0.773. The molecule has 0 saturated carbocycles. The van der Waals surface area contributed by atoms with E-state index in [9.17, 15) is 0 Å². The van der Waals surface area contributed by atoms with Crippen molar-refractivity contribution in [3.63, 3.8) is 0 Å². The maximum Gasteiger partial charge on any atom is 0.148 e. The molecule has 0 atom stereocenters. The number of hydrogen-bond donors (Lipinski definition) is 1. The van der Waals surface area contributed by atoms with Crippen molar-refractivity contribution >= 4 is 59.0 Å². The number of anilines is 1. The first-order valence-corrected chi connectivity index (χ1v) is 8.44. The van der Waals surface area contributed by atoms with E-state index >= 15 is 0 Å². The van der Waals surface area contributed by atoms with Crippen molar-refractivity contribution in [3.8, 4) is 5.75 Å². The summed E-state index contributed by atoms with van der Waals surface area (Å²) in [6.07, 6.45) is 0. The highest BCUT2D eigenvalue weighted by molar-refractivity contribution is 9.11. The van der Waals surface area contributed by atoms with E-state index in [2.05, 4.69) is 55.4 Å². The first-order valence-electron chi connectivity index (χ1n) is 5.97. The quantitative estimate of drug-likeness (QED) is 0.569. The molecule has 102 valence electrons. The van der Waals surface area contributed by atoms with E-state index in [1.54, 1.807) is 11.3 Å². The fourth-order valence-electron chi connectivity index (χ4n) is 2.01. The summed E-state index contributed by atoms with van der Waals surface area (Å²) in [7, 11) is 0. The maximum atomic E-state index is 5.93. The van der Waals surface area contributed by atoms with Gasteiger partial charge in [0.1, 0.15) is 12.4 Å². The highest BCUT2D eigenvalue weighted by atomic mass is 79.9. The lowest BCUT2D eigenvalue weighted by atomic mass is 10.2. The molecule has 0 bridgehead atoms. The van der Waals surface area contributed by atoms with E-state index in [0.29, 0.717) is 12.3 Å². The van der Waals surface area contributed by atoms with Crippen LogP contribution >= 0.6 is 43.2 Å². The molecule has 3 aromatic rings. The molecule has 0 aliphatic carbocycles. The summed E-state index contributed by atoms with van der Waals surface area (Å²) >= 11 is 8.70. The molecule has 0 radical (unpaired) electrons. The van der Waals surface area contributed by atoms with E-state index in [4.69, 9.17) is 10.5 Å². The third-order valence-corrected chi connectivity index (χ3v) is 5.14. The van der Waals surface area contributed by atoms with Crippen LogP contribution in [-0.4, -0.2) is 0 Å². The van der Waals surface area contributed by atoms with Gasteiger partial charge in [0.15, 0.2) is 0 Å². The molecule has 2 aromatic carbocycles. The standard InChI is InChI=1S/C15H11Br2NOS/c16-12-5-10(18)6-13(17)15(12)19-7-9-8-20-14-4-2-1-3-11(9)14/h1-6,8H,7,18H2. The van der Waals surface area contributed by atoms with Gasteiger partial charge >= 0.3 is 0 Å². The summed E-state index contributed by atoms with van der Waals surface area (Å²) in [5, 5.41) is 3.39. The fourth-order valence-corrected chi connectivity index (χ4v) is 4.41. The number of hydrogen-bond acceptors (Lipinski definition) is 3. The highest BCUT2D eigenvalue weighted by Crippen LogP contribution is 2.36. The molecule has 1 heterocycles. The molecule has 3 rings (SSSR count). The van der Waals surface area contributed by atoms with Gasteiger partial charge in [-0.25, -0.2) is 0 Å². The number of benzene rings is 2. The second kappa shape index (κ2) is 5.76. The summed E-state index contributed by atoms with van der Waals surface area (Å²) in [6, 6.07) is 12.0. The van der Waals surface area contributed by atoms with Crippen molar-refractivity contribution in [2.75, 3.05) is 5.73 Å². The van der Waals surface area contributed by atoms with Crippen LogP contribution in [0.3, 0.4) is 0 Å². The molecule has 0 unspecified atom stereocenters. The number of nitrogens with two attached hydrogens (primary N) is 1. The van der Waals surface area contributed by atoms with Gasteiger partial charge in [-0.05, 0) is 60.8 Å². The molecule has 1 aromatic heterocycles. The molecular weight excluding hydrogens is 402 g/mol. The minimum absolute atomic E-state index is 0.533. The Morgan fingerprint density at radius 3 is 2.55 bits per heavy atom. The van der Waals surface area contributed by atoms with Crippen LogP contribution in [0.2, 0.25) is 0 Å². The molecule has 0 fully saturated rings. The Morgan fingerprint density at radius 2 is 1.80 bits per heavy atom. The molecule has 0 amide bonds. The van der Waals surface area contributed by atoms with Crippen LogP contribution in [0.1, 0.15) is 5.56 Å². The molecule has 0 saturated heterocycles. The van der Waals surface area contributed by atoms with Crippen LogP contribution < -0.4 is 10.5 Å². The second-order valence-corrected chi connectivity index (χ2v) is 6.98. The third kappa shape index (κ3) is 2.71. The zero-order chi connectivity index (χ0) is 14.1. The van der Waals surface area contributed by atoms with Gasteiger partial charge in [0.25, 0.3) is 0 Å². The zero-order valence-electron chi connectivity index (χ0n) is 10.4. The molecule has 20 heavy (non-hydrogen) atoms. The number of nitrogen functional groups attached to an aromatic ring is 1. The van der Waals surface area contributed by atoms with E-state index in [-0.39, 0.29) is 0 Å². The minimum atomic E-state index is 0.533. The first-order chi connectivity index (χ1) is 9.65. The normalized spacial score (nSPS) is 10.9. The number of halogens is 2. The van der Waals surface area contributed by atoms with Crippen molar-refractivity contribution < 1.29 is 4.74 Å². The van der Waals surface area contributed by atoms with Crippen LogP contribution in [0.5, 0.6) is 5.75 Å². The predicted octanol–water partition coefficient (Wildman–Crippen LogP) is 5.59. The SMILES string of the molecule is Nc1cc(Br)c(OCc2csc3ccccc23)c(Br)c1. The Labute approximate surface area is 137 Å². The van der Waals surface area contributed by atoms with Gasteiger partial charge in [-0.3, -0.25) is 0 Å². The van der Waals surface area contributed by atoms with Gasteiger partial charge in [0.05, 0.1) is 8.95 Å². The van der Waals surface area contributed by atoms with Gasteiger partial charge in [0, 0.05) is 16.0 Å². The van der Waals surface area contributed by atoms with Gasteiger partial charge in [-0.15, -0.1) is 11.3 Å². The van der Waals surface area contributed by atoms with Crippen molar-refractivity contribution in [2.24, 2.45) is 0 Å². The third-order valence-electron chi connectivity index (χ3n) is 2.95. The number of fused-ring (bicyclic) bond motifs is 1. The lowest BCUT2D eigenvalue weighted by Crippen LogP contribution is -1.97. The Morgan fingerprint density at radius 1 is 1.10 bits per heavy atom. The summed E-state index contributed by atoms with van der Waals surface area (Å²) in [4.78, 5) is 0. The van der Waals surface area contributed by atoms with Crippen LogP contribution in [0, 0.1) is 0 Å². The second-order valence-electron chi connectivity index (χ2n) is 4.36. The lowest BCUT2D eigenvalue weighted by Gasteiger charge is -2.10. The van der Waals surface area contributed by atoms with E-state index in [1.165, 1.54) is 15.6 Å². The Balaban J connectivity index is 1.87. The monoisotopic (exact) mass is 411 g/mol. The number of rotatable bonds is 3. The highest BCUT2D eigenvalue weighted by Gasteiger charge is 2.10. The summed E-state index contributed by atoms with van der Waals surface area (Å²) in [5.41, 5.74) is 7.67. The van der Waals surface area contributed by atoms with Crippen LogP contribution in [0.25, 0.3) is 10.1 Å². The zero-order valence-corrected chi connectivity index (χ0v) is 14.4.